The molecule has 0 amide bonds. The Balaban J connectivity index is 3.31. The minimum atomic E-state index is -0.336. The number of rotatable bonds is 4. The number of ether oxygens (including phenoxy) is 2. The molecule has 0 aliphatic rings. The van der Waals surface area contributed by atoms with Crippen LogP contribution in [0.25, 0.3) is 0 Å². The van der Waals surface area contributed by atoms with E-state index in [2.05, 4.69) is 10.3 Å². The van der Waals surface area contributed by atoms with Crippen LogP contribution in [0, 0.1) is 0 Å². The van der Waals surface area contributed by atoms with Gasteiger partial charge in [0.1, 0.15) is 6.54 Å². The van der Waals surface area contributed by atoms with E-state index in [0.717, 1.165) is 0 Å². The molecule has 0 saturated heterocycles. The molecule has 0 radical (unpaired) electrons. The summed E-state index contributed by atoms with van der Waals surface area (Å²) in [5.41, 5.74) is 0. The van der Waals surface area contributed by atoms with Crippen LogP contribution in [0.5, 0.6) is 0 Å². The molecule has 0 aromatic carbocycles. The Kier molecular flexibility index (Phi) is 5.04. The minimum Gasteiger partial charge on any atom is -0.354 e. The van der Waals surface area contributed by atoms with Crippen LogP contribution in [0.3, 0.4) is 0 Å². The van der Waals surface area contributed by atoms with Gasteiger partial charge in [-0.15, -0.1) is 0 Å². The zero-order chi connectivity index (χ0) is 7.11. The molecule has 0 unspecified atom stereocenters. The van der Waals surface area contributed by atoms with Gasteiger partial charge < -0.3 is 15.3 Å². The van der Waals surface area contributed by atoms with Crippen LogP contribution in [0.1, 0.15) is 0 Å². The zero-order valence-electron chi connectivity index (χ0n) is 5.57. The Morgan fingerprint density at radius 2 is 2.00 bits per heavy atom. The Morgan fingerprint density at radius 1 is 1.44 bits per heavy atom. The SMILES string of the molecule is COC(CN=NN)OC. The summed E-state index contributed by atoms with van der Waals surface area (Å²) in [5, 5.41) is 6.50. The standard InChI is InChI=1S/C4H11N3O2/c1-8-4(9-2)3-6-7-5/h4H,3H2,1-2H3,(H2,5,6). The highest BCUT2D eigenvalue weighted by molar-refractivity contribution is 4.42. The average molecular weight is 133 g/mol. The first-order chi connectivity index (χ1) is 4.35. The Labute approximate surface area is 53.8 Å². The van der Waals surface area contributed by atoms with Gasteiger partial charge in [-0.3, -0.25) is 0 Å². The summed E-state index contributed by atoms with van der Waals surface area (Å²) in [6.45, 7) is 0.337. The molecular formula is C4H11N3O2. The van der Waals surface area contributed by atoms with Crippen LogP contribution < -0.4 is 5.84 Å². The zero-order valence-corrected chi connectivity index (χ0v) is 5.57. The topological polar surface area (TPSA) is 69.2 Å². The molecule has 2 N–H and O–H groups in total. The quantitative estimate of drug-likeness (QED) is 0.252. The molecule has 0 spiro atoms. The molecule has 0 fully saturated rings. The van der Waals surface area contributed by atoms with Crippen LogP contribution in [0.2, 0.25) is 0 Å². The van der Waals surface area contributed by atoms with Gasteiger partial charge in [0.15, 0.2) is 6.29 Å². The van der Waals surface area contributed by atoms with Crippen molar-refractivity contribution in [2.45, 2.75) is 6.29 Å². The van der Waals surface area contributed by atoms with Gasteiger partial charge in [0.2, 0.25) is 0 Å². The van der Waals surface area contributed by atoms with Crippen LogP contribution in [0.15, 0.2) is 10.3 Å². The molecule has 0 atom stereocenters. The summed E-state index contributed by atoms with van der Waals surface area (Å²) < 4.78 is 9.54. The third-order valence-corrected chi connectivity index (χ3v) is 0.838. The molecule has 54 valence electrons. The molecule has 0 bridgehead atoms. The second kappa shape index (κ2) is 5.46. The fourth-order valence-corrected chi connectivity index (χ4v) is 0.359. The van der Waals surface area contributed by atoms with Gasteiger partial charge in [-0.2, -0.15) is 5.11 Å². The molecule has 0 aliphatic heterocycles. The Bertz CT molecular complexity index is 81.9. The summed E-state index contributed by atoms with van der Waals surface area (Å²) >= 11 is 0. The van der Waals surface area contributed by atoms with Crippen molar-refractivity contribution in [1.82, 2.24) is 0 Å². The van der Waals surface area contributed by atoms with Gasteiger partial charge in [0, 0.05) is 14.2 Å². The van der Waals surface area contributed by atoms with E-state index in [4.69, 9.17) is 15.3 Å². The third-order valence-electron chi connectivity index (χ3n) is 0.838. The van der Waals surface area contributed by atoms with Crippen molar-refractivity contribution >= 4 is 0 Å². The monoisotopic (exact) mass is 133 g/mol. The second-order valence-corrected chi connectivity index (χ2v) is 1.34. The van der Waals surface area contributed by atoms with Crippen molar-refractivity contribution in [1.29, 1.82) is 0 Å². The molecule has 5 nitrogen and oxygen atoms in total. The van der Waals surface area contributed by atoms with Crippen LogP contribution >= 0.6 is 0 Å². The molecule has 0 rings (SSSR count). The van der Waals surface area contributed by atoms with E-state index in [0.29, 0.717) is 6.54 Å². The average Bonchev–Trinajstić information content (AvgIpc) is 1.91. The normalized spacial score (nSPS) is 11.4. The summed E-state index contributed by atoms with van der Waals surface area (Å²) in [6, 6.07) is 0. The van der Waals surface area contributed by atoms with Crippen LogP contribution in [-0.2, 0) is 9.47 Å². The van der Waals surface area contributed by atoms with Crippen molar-refractivity contribution in [3.05, 3.63) is 0 Å². The lowest BCUT2D eigenvalue weighted by Crippen LogP contribution is -2.16. The highest BCUT2D eigenvalue weighted by Crippen LogP contribution is 1.89. The lowest BCUT2D eigenvalue weighted by atomic mass is 10.6. The van der Waals surface area contributed by atoms with E-state index in [1.807, 2.05) is 0 Å². The summed E-state index contributed by atoms with van der Waals surface area (Å²) in [5.74, 6) is 4.73. The van der Waals surface area contributed by atoms with Gasteiger partial charge in [-0.25, -0.2) is 0 Å². The van der Waals surface area contributed by atoms with E-state index in [1.165, 1.54) is 14.2 Å². The molecular weight excluding hydrogens is 122 g/mol. The highest BCUT2D eigenvalue weighted by Gasteiger charge is 2.00. The second-order valence-electron chi connectivity index (χ2n) is 1.34. The lowest BCUT2D eigenvalue weighted by molar-refractivity contribution is -0.0945. The predicted octanol–water partition coefficient (Wildman–Crippen LogP) is -0.0688. The lowest BCUT2D eigenvalue weighted by Gasteiger charge is -2.07. The minimum absolute atomic E-state index is 0.336. The summed E-state index contributed by atoms with van der Waals surface area (Å²) in [6.07, 6.45) is -0.336. The van der Waals surface area contributed by atoms with Gasteiger partial charge in [-0.05, 0) is 0 Å². The molecule has 0 aliphatic carbocycles. The van der Waals surface area contributed by atoms with Gasteiger partial charge >= 0.3 is 0 Å². The molecule has 9 heavy (non-hydrogen) atoms. The van der Waals surface area contributed by atoms with Gasteiger partial charge in [-0.1, -0.05) is 5.22 Å². The van der Waals surface area contributed by atoms with Crippen molar-refractivity contribution < 1.29 is 9.47 Å². The van der Waals surface area contributed by atoms with E-state index in [1.54, 1.807) is 0 Å². The van der Waals surface area contributed by atoms with Crippen LogP contribution in [0.4, 0.5) is 0 Å². The Morgan fingerprint density at radius 3 is 2.33 bits per heavy atom. The largest absolute Gasteiger partial charge is 0.354 e. The van der Waals surface area contributed by atoms with Crippen LogP contribution in [-0.4, -0.2) is 27.1 Å². The molecule has 0 aromatic heterocycles. The maximum Gasteiger partial charge on any atom is 0.178 e. The summed E-state index contributed by atoms with van der Waals surface area (Å²) in [7, 11) is 3.06. The molecule has 0 saturated carbocycles. The number of hydrogen-bond donors (Lipinski definition) is 1. The Hall–Kier alpha value is -0.680. The van der Waals surface area contributed by atoms with Crippen molar-refractivity contribution in [2.24, 2.45) is 16.2 Å². The smallest absolute Gasteiger partial charge is 0.178 e. The summed E-state index contributed by atoms with van der Waals surface area (Å²) in [4.78, 5) is 0. The van der Waals surface area contributed by atoms with Gasteiger partial charge in [0.05, 0.1) is 0 Å². The van der Waals surface area contributed by atoms with Crippen molar-refractivity contribution in [3.63, 3.8) is 0 Å². The maximum absolute atomic E-state index is 4.77. The number of nitrogens with zero attached hydrogens (tertiary/aromatic N) is 2. The van der Waals surface area contributed by atoms with Crippen molar-refractivity contribution in [3.8, 4) is 0 Å². The van der Waals surface area contributed by atoms with E-state index in [9.17, 15) is 0 Å². The maximum atomic E-state index is 4.77. The molecule has 0 heterocycles. The third kappa shape index (κ3) is 3.87. The first kappa shape index (κ1) is 8.32. The van der Waals surface area contributed by atoms with E-state index < -0.39 is 0 Å². The number of nitrogens with two attached hydrogens (primary N) is 1. The first-order valence-corrected chi connectivity index (χ1v) is 2.47. The number of hydrogen-bond acceptors (Lipinski definition) is 4. The predicted molar refractivity (Wildman–Crippen MR) is 31.7 cm³/mol. The highest BCUT2D eigenvalue weighted by atomic mass is 16.7. The van der Waals surface area contributed by atoms with Crippen molar-refractivity contribution in [2.75, 3.05) is 20.8 Å². The van der Waals surface area contributed by atoms with E-state index in [-0.39, 0.29) is 6.29 Å². The van der Waals surface area contributed by atoms with E-state index >= 15 is 0 Å². The number of methoxy groups -OCH3 is 2. The first-order valence-electron chi connectivity index (χ1n) is 2.47. The fraction of sp³-hybridized carbons (Fsp3) is 1.00. The molecule has 0 aromatic rings. The fourth-order valence-electron chi connectivity index (χ4n) is 0.359. The molecule has 5 heteroatoms. The van der Waals surface area contributed by atoms with Gasteiger partial charge in [0.25, 0.3) is 0 Å².